The van der Waals surface area contributed by atoms with Crippen molar-refractivity contribution in [1.29, 1.82) is 0 Å². The van der Waals surface area contributed by atoms with Crippen molar-refractivity contribution in [1.82, 2.24) is 4.98 Å². The van der Waals surface area contributed by atoms with E-state index in [4.69, 9.17) is 0 Å². The molecule has 4 heteroatoms. The molecule has 0 saturated carbocycles. The fraction of sp³-hybridized carbons (Fsp3) is 0.0417. The number of benzene rings is 3. The van der Waals surface area contributed by atoms with Crippen LogP contribution in [0, 0.1) is 0 Å². The third kappa shape index (κ3) is 2.89. The summed E-state index contributed by atoms with van der Waals surface area (Å²) in [5, 5.41) is 0. The molecule has 28 heavy (non-hydrogen) atoms. The molecule has 0 saturated heterocycles. The van der Waals surface area contributed by atoms with Crippen LogP contribution in [-0.2, 0) is 4.08 Å². The van der Waals surface area contributed by atoms with Gasteiger partial charge in [0.1, 0.15) is 4.08 Å². The molecule has 2 heterocycles. The standard InChI is InChI=1S/C24H17NOS2/c26-23(17-9-3-1-4-10-17)20-15-19(16-25-20)24(18-11-5-2-6-12-18)27-21-13-7-8-14-22(21)28-24/h1-16,25H. The number of aromatic nitrogens is 1. The highest BCUT2D eigenvalue weighted by molar-refractivity contribution is 8.20. The number of thioether (sulfide) groups is 2. The van der Waals surface area contributed by atoms with E-state index in [1.165, 1.54) is 15.4 Å². The molecule has 0 aliphatic carbocycles. The summed E-state index contributed by atoms with van der Waals surface area (Å²) in [5.41, 5.74) is 3.64. The van der Waals surface area contributed by atoms with Gasteiger partial charge in [0.05, 0.1) is 5.69 Å². The number of rotatable bonds is 4. The summed E-state index contributed by atoms with van der Waals surface area (Å²) < 4.78 is -0.309. The molecule has 0 atom stereocenters. The lowest BCUT2D eigenvalue weighted by atomic mass is 10.0. The van der Waals surface area contributed by atoms with Crippen LogP contribution >= 0.6 is 23.5 Å². The summed E-state index contributed by atoms with van der Waals surface area (Å²) in [5.74, 6) is 0.0144. The highest BCUT2D eigenvalue weighted by Crippen LogP contribution is 2.64. The fourth-order valence-electron chi connectivity index (χ4n) is 3.47. The van der Waals surface area contributed by atoms with Crippen molar-refractivity contribution in [2.24, 2.45) is 0 Å². The highest BCUT2D eigenvalue weighted by atomic mass is 32.2. The first-order chi connectivity index (χ1) is 13.8. The Balaban J connectivity index is 1.59. The predicted octanol–water partition coefficient (Wildman–Crippen LogP) is 6.34. The van der Waals surface area contributed by atoms with E-state index in [1.54, 1.807) is 0 Å². The Kier molecular flexibility index (Phi) is 4.38. The van der Waals surface area contributed by atoms with Gasteiger partial charge in [0.2, 0.25) is 5.78 Å². The van der Waals surface area contributed by atoms with Crippen molar-refractivity contribution in [3.8, 4) is 0 Å². The first kappa shape index (κ1) is 17.4. The summed E-state index contributed by atoms with van der Waals surface area (Å²) in [6.45, 7) is 0. The average molecular weight is 400 g/mol. The molecule has 0 amide bonds. The van der Waals surface area contributed by atoms with Crippen LogP contribution in [-0.4, -0.2) is 10.8 Å². The number of aromatic amines is 1. The maximum absolute atomic E-state index is 12.9. The maximum Gasteiger partial charge on any atom is 0.209 e. The Labute approximate surface area is 172 Å². The van der Waals surface area contributed by atoms with Crippen molar-refractivity contribution in [2.45, 2.75) is 13.9 Å². The third-order valence-corrected chi connectivity index (χ3v) is 8.15. The van der Waals surface area contributed by atoms with Gasteiger partial charge in [0.15, 0.2) is 0 Å². The average Bonchev–Trinajstić information content (AvgIpc) is 3.40. The Morgan fingerprint density at radius 1 is 0.714 bits per heavy atom. The molecule has 1 aromatic heterocycles. The van der Waals surface area contributed by atoms with Crippen molar-refractivity contribution in [2.75, 3.05) is 0 Å². The summed E-state index contributed by atoms with van der Waals surface area (Å²) in [4.78, 5) is 18.7. The minimum atomic E-state index is -0.309. The van der Waals surface area contributed by atoms with Crippen LogP contribution in [0.2, 0.25) is 0 Å². The molecule has 2 nitrogen and oxygen atoms in total. The van der Waals surface area contributed by atoms with Crippen LogP contribution in [0.25, 0.3) is 0 Å². The predicted molar refractivity (Wildman–Crippen MR) is 116 cm³/mol. The fourth-order valence-corrected chi connectivity index (χ4v) is 6.65. The molecular formula is C24H17NOS2. The molecule has 0 bridgehead atoms. The minimum Gasteiger partial charge on any atom is -0.358 e. The molecule has 3 aromatic carbocycles. The summed E-state index contributed by atoms with van der Waals surface area (Å²) in [7, 11) is 0. The molecule has 136 valence electrons. The normalized spacial score (nSPS) is 14.6. The Morgan fingerprint density at radius 3 is 1.93 bits per heavy atom. The van der Waals surface area contributed by atoms with Gasteiger partial charge in [0, 0.05) is 27.1 Å². The van der Waals surface area contributed by atoms with Gasteiger partial charge < -0.3 is 4.98 Å². The van der Waals surface area contributed by atoms with E-state index in [9.17, 15) is 4.79 Å². The molecule has 1 aliphatic heterocycles. The number of H-pyrrole nitrogens is 1. The Morgan fingerprint density at radius 2 is 1.29 bits per heavy atom. The van der Waals surface area contributed by atoms with Crippen LogP contribution in [0.5, 0.6) is 0 Å². The zero-order valence-corrected chi connectivity index (χ0v) is 16.6. The van der Waals surface area contributed by atoms with Gasteiger partial charge in [-0.2, -0.15) is 0 Å². The van der Waals surface area contributed by atoms with Crippen LogP contribution in [0.1, 0.15) is 27.2 Å². The summed E-state index contributed by atoms with van der Waals surface area (Å²) in [6.07, 6.45) is 1.98. The van der Waals surface area contributed by atoms with Crippen molar-refractivity contribution in [3.05, 3.63) is 120 Å². The van der Waals surface area contributed by atoms with Gasteiger partial charge in [-0.15, -0.1) is 0 Å². The molecule has 0 unspecified atom stereocenters. The lowest BCUT2D eigenvalue weighted by Gasteiger charge is -2.27. The van der Waals surface area contributed by atoms with E-state index in [1.807, 2.05) is 72.2 Å². The zero-order chi connectivity index (χ0) is 19.0. The number of hydrogen-bond donors (Lipinski definition) is 1. The number of hydrogen-bond acceptors (Lipinski definition) is 3. The largest absolute Gasteiger partial charge is 0.358 e. The van der Waals surface area contributed by atoms with Gasteiger partial charge >= 0.3 is 0 Å². The topological polar surface area (TPSA) is 32.9 Å². The molecule has 0 spiro atoms. The van der Waals surface area contributed by atoms with Crippen molar-refractivity contribution in [3.63, 3.8) is 0 Å². The second-order valence-electron chi connectivity index (χ2n) is 6.63. The van der Waals surface area contributed by atoms with E-state index in [0.29, 0.717) is 11.3 Å². The summed E-state index contributed by atoms with van der Waals surface area (Å²) >= 11 is 3.68. The molecule has 1 aliphatic rings. The van der Waals surface area contributed by atoms with E-state index >= 15 is 0 Å². The second-order valence-corrected chi connectivity index (χ2v) is 9.40. The molecule has 1 N–H and O–H groups in total. The Bertz CT molecular complexity index is 1110. The smallest absolute Gasteiger partial charge is 0.209 e. The molecular weight excluding hydrogens is 382 g/mol. The van der Waals surface area contributed by atoms with E-state index in [2.05, 4.69) is 53.5 Å². The second kappa shape index (κ2) is 7.04. The van der Waals surface area contributed by atoms with Crippen molar-refractivity contribution < 1.29 is 4.79 Å². The number of fused-ring (bicyclic) bond motifs is 1. The van der Waals surface area contributed by atoms with Crippen LogP contribution in [0.4, 0.5) is 0 Å². The first-order valence-electron chi connectivity index (χ1n) is 9.07. The number of carbonyl (C=O) groups excluding carboxylic acids is 1. The van der Waals surface area contributed by atoms with E-state index < -0.39 is 0 Å². The number of carbonyl (C=O) groups is 1. The van der Waals surface area contributed by atoms with Crippen LogP contribution in [0.15, 0.2) is 107 Å². The van der Waals surface area contributed by atoms with Crippen LogP contribution < -0.4 is 0 Å². The number of ketones is 1. The monoisotopic (exact) mass is 399 g/mol. The Hall–Kier alpha value is -2.69. The van der Waals surface area contributed by atoms with E-state index in [-0.39, 0.29) is 9.86 Å². The zero-order valence-electron chi connectivity index (χ0n) is 15.0. The molecule has 0 radical (unpaired) electrons. The highest BCUT2D eigenvalue weighted by Gasteiger charge is 2.43. The molecule has 0 fully saturated rings. The van der Waals surface area contributed by atoms with Gasteiger partial charge in [0.25, 0.3) is 0 Å². The molecule has 5 rings (SSSR count). The van der Waals surface area contributed by atoms with Crippen LogP contribution in [0.3, 0.4) is 0 Å². The minimum absolute atomic E-state index is 0.0144. The lowest BCUT2D eigenvalue weighted by molar-refractivity contribution is 0.103. The maximum atomic E-state index is 12.9. The van der Waals surface area contributed by atoms with Gasteiger partial charge in [-0.1, -0.05) is 96.3 Å². The van der Waals surface area contributed by atoms with E-state index in [0.717, 1.165) is 5.56 Å². The third-order valence-electron chi connectivity index (χ3n) is 4.85. The molecule has 4 aromatic rings. The SMILES string of the molecule is O=C(c1ccccc1)c1cc(C2(c3ccccc3)Sc3ccccc3S2)c[nH]1. The summed E-state index contributed by atoms with van der Waals surface area (Å²) in [6, 6.07) is 30.4. The van der Waals surface area contributed by atoms with Gasteiger partial charge in [-0.05, 0) is 23.8 Å². The van der Waals surface area contributed by atoms with Crippen molar-refractivity contribution >= 4 is 29.3 Å². The van der Waals surface area contributed by atoms with Gasteiger partial charge in [-0.25, -0.2) is 0 Å². The quantitative estimate of drug-likeness (QED) is 0.406. The van der Waals surface area contributed by atoms with Gasteiger partial charge in [-0.3, -0.25) is 4.79 Å². The first-order valence-corrected chi connectivity index (χ1v) is 10.7. The lowest BCUT2D eigenvalue weighted by Crippen LogP contribution is -2.15. The number of nitrogens with one attached hydrogen (secondary N) is 1.